The molecule has 0 saturated heterocycles. The highest BCUT2D eigenvalue weighted by molar-refractivity contribution is 6.35. The fourth-order valence-corrected chi connectivity index (χ4v) is 2.70. The quantitative estimate of drug-likeness (QED) is 0.701. The monoisotopic (exact) mass is 377 g/mol. The summed E-state index contributed by atoms with van der Waals surface area (Å²) < 4.78 is 6.86. The van der Waals surface area contributed by atoms with Gasteiger partial charge in [-0.1, -0.05) is 29.3 Å². The highest BCUT2D eigenvalue weighted by Crippen LogP contribution is 2.22. The average molecular weight is 378 g/mol. The Bertz CT molecular complexity index is 902. The van der Waals surface area contributed by atoms with Gasteiger partial charge >= 0.3 is 5.97 Å². The van der Waals surface area contributed by atoms with Crippen molar-refractivity contribution < 1.29 is 14.3 Å². The van der Waals surface area contributed by atoms with Crippen molar-refractivity contribution in [2.24, 2.45) is 0 Å². The van der Waals surface area contributed by atoms with Crippen molar-refractivity contribution in [1.29, 1.82) is 0 Å². The Morgan fingerprint density at radius 3 is 2.60 bits per heavy atom. The summed E-state index contributed by atoms with van der Waals surface area (Å²) in [6, 6.07) is 10.0. The van der Waals surface area contributed by atoms with Crippen LogP contribution in [0.5, 0.6) is 0 Å². The zero-order valence-electron chi connectivity index (χ0n) is 13.1. The molecule has 0 spiro atoms. The van der Waals surface area contributed by atoms with Crippen molar-refractivity contribution in [3.05, 3.63) is 64.5 Å². The second kappa shape index (κ2) is 7.13. The lowest BCUT2D eigenvalue weighted by Crippen LogP contribution is -2.30. The zero-order valence-corrected chi connectivity index (χ0v) is 14.6. The number of hydrogen-bond acceptors (Lipinski definition) is 4. The number of esters is 1. The molecule has 0 saturated carbocycles. The van der Waals surface area contributed by atoms with Gasteiger partial charge in [-0.15, -0.1) is 0 Å². The van der Waals surface area contributed by atoms with Gasteiger partial charge < -0.3 is 14.5 Å². The largest absolute Gasteiger partial charge is 0.448 e. The summed E-state index contributed by atoms with van der Waals surface area (Å²) in [6.07, 6.45) is 2.28. The second-order valence-electron chi connectivity index (χ2n) is 5.29. The first-order valence-corrected chi connectivity index (χ1v) is 8.09. The molecule has 3 aromatic rings. The Morgan fingerprint density at radius 1 is 1.20 bits per heavy atom. The molecule has 0 radical (unpaired) electrons. The third-order valence-corrected chi connectivity index (χ3v) is 3.79. The van der Waals surface area contributed by atoms with Gasteiger partial charge in [-0.3, -0.25) is 4.79 Å². The molecule has 1 N–H and O–H groups in total. The van der Waals surface area contributed by atoms with Crippen LogP contribution in [0.2, 0.25) is 10.0 Å². The lowest BCUT2D eigenvalue weighted by Gasteiger charge is -2.13. The van der Waals surface area contributed by atoms with E-state index in [2.05, 4.69) is 10.3 Å². The minimum absolute atomic E-state index is 0.122. The van der Waals surface area contributed by atoms with Gasteiger partial charge in [0, 0.05) is 28.1 Å². The maximum Gasteiger partial charge on any atom is 0.359 e. The Hall–Kier alpha value is -2.57. The molecule has 6 nitrogen and oxygen atoms in total. The maximum absolute atomic E-state index is 12.2. The second-order valence-corrected chi connectivity index (χ2v) is 6.16. The normalized spacial score (nSPS) is 12.0. The highest BCUT2D eigenvalue weighted by atomic mass is 35.5. The number of ether oxygens (including phenoxy) is 1. The molecule has 1 aromatic carbocycles. The summed E-state index contributed by atoms with van der Waals surface area (Å²) in [5.41, 5.74) is 1.15. The van der Waals surface area contributed by atoms with Gasteiger partial charge in [0.2, 0.25) is 0 Å². The van der Waals surface area contributed by atoms with Crippen LogP contribution in [0.4, 0.5) is 5.69 Å². The Labute approximate surface area is 153 Å². The van der Waals surface area contributed by atoms with Crippen molar-refractivity contribution in [2.75, 3.05) is 5.32 Å². The maximum atomic E-state index is 12.2. The van der Waals surface area contributed by atoms with Gasteiger partial charge in [0.1, 0.15) is 5.65 Å². The molecule has 2 aromatic heterocycles. The SMILES string of the molecule is C[C@@H](OC(=O)c1cn2ccccc2n1)C(=O)Nc1cc(Cl)cc(Cl)c1. The van der Waals surface area contributed by atoms with Crippen molar-refractivity contribution in [2.45, 2.75) is 13.0 Å². The summed E-state index contributed by atoms with van der Waals surface area (Å²) in [7, 11) is 0. The number of nitrogens with zero attached hydrogens (tertiary/aromatic N) is 2. The van der Waals surface area contributed by atoms with Crippen LogP contribution in [0, 0.1) is 0 Å². The Balaban J connectivity index is 1.67. The van der Waals surface area contributed by atoms with Crippen LogP contribution in [0.15, 0.2) is 48.8 Å². The predicted molar refractivity (Wildman–Crippen MR) is 95.2 cm³/mol. The number of benzene rings is 1. The van der Waals surface area contributed by atoms with E-state index in [1.807, 2.05) is 12.1 Å². The standard InChI is InChI=1S/C17H13Cl2N3O3/c1-10(16(23)20-13-7-11(18)6-12(19)8-13)25-17(24)14-9-22-5-3-2-4-15(22)21-14/h2-10H,1H3,(H,20,23)/t10-/m1/s1. The number of hydrogen-bond donors (Lipinski definition) is 1. The van der Waals surface area contributed by atoms with Crippen LogP contribution >= 0.6 is 23.2 Å². The van der Waals surface area contributed by atoms with Crippen LogP contribution < -0.4 is 5.32 Å². The van der Waals surface area contributed by atoms with Gasteiger partial charge in [-0.05, 0) is 37.3 Å². The number of nitrogens with one attached hydrogen (secondary N) is 1. The Kier molecular flexibility index (Phi) is 4.92. The number of anilines is 1. The van der Waals surface area contributed by atoms with Crippen LogP contribution in [0.3, 0.4) is 0 Å². The summed E-state index contributed by atoms with van der Waals surface area (Å²) >= 11 is 11.8. The van der Waals surface area contributed by atoms with E-state index >= 15 is 0 Å². The molecule has 0 aliphatic carbocycles. The molecule has 0 aliphatic rings. The fraction of sp³-hybridized carbons (Fsp3) is 0.118. The number of halogens is 2. The third kappa shape index (κ3) is 4.10. The van der Waals surface area contributed by atoms with Gasteiger partial charge in [-0.2, -0.15) is 0 Å². The van der Waals surface area contributed by atoms with E-state index in [1.165, 1.54) is 6.92 Å². The summed E-state index contributed by atoms with van der Waals surface area (Å²) in [4.78, 5) is 28.5. The molecule has 1 amide bonds. The van der Waals surface area contributed by atoms with Crippen LogP contribution in [0.1, 0.15) is 17.4 Å². The number of aromatic nitrogens is 2. The molecule has 2 heterocycles. The summed E-state index contributed by atoms with van der Waals surface area (Å²) in [6.45, 7) is 1.47. The van der Waals surface area contributed by atoms with E-state index in [9.17, 15) is 9.59 Å². The number of imidazole rings is 1. The van der Waals surface area contributed by atoms with Crippen LogP contribution in [-0.2, 0) is 9.53 Å². The van der Waals surface area contributed by atoms with Crippen LogP contribution in [0.25, 0.3) is 5.65 Å². The Morgan fingerprint density at radius 2 is 1.92 bits per heavy atom. The molecule has 0 bridgehead atoms. The first-order valence-electron chi connectivity index (χ1n) is 7.34. The van der Waals surface area contributed by atoms with Gasteiger partial charge in [0.15, 0.2) is 11.8 Å². The minimum atomic E-state index is -1.02. The molecule has 0 unspecified atom stereocenters. The number of amides is 1. The lowest BCUT2D eigenvalue weighted by molar-refractivity contribution is -0.123. The lowest BCUT2D eigenvalue weighted by atomic mass is 10.3. The number of fused-ring (bicyclic) bond motifs is 1. The molecule has 3 rings (SSSR count). The van der Waals surface area contributed by atoms with Crippen molar-refractivity contribution >= 4 is 46.4 Å². The molecular formula is C17H13Cl2N3O3. The number of carbonyl (C=O) groups excluding carboxylic acids is 2. The van der Waals surface area contributed by atoms with E-state index < -0.39 is 18.0 Å². The van der Waals surface area contributed by atoms with E-state index in [0.29, 0.717) is 21.4 Å². The molecule has 1 atom stereocenters. The smallest absolute Gasteiger partial charge is 0.359 e. The summed E-state index contributed by atoms with van der Waals surface area (Å²) in [5.74, 6) is -1.19. The van der Waals surface area contributed by atoms with E-state index in [4.69, 9.17) is 27.9 Å². The van der Waals surface area contributed by atoms with Crippen LogP contribution in [-0.4, -0.2) is 27.4 Å². The molecule has 0 aliphatic heterocycles. The molecule has 25 heavy (non-hydrogen) atoms. The third-order valence-electron chi connectivity index (χ3n) is 3.36. The first kappa shape index (κ1) is 17.3. The minimum Gasteiger partial charge on any atom is -0.448 e. The zero-order chi connectivity index (χ0) is 18.0. The van der Waals surface area contributed by atoms with Crippen molar-refractivity contribution in [1.82, 2.24) is 9.38 Å². The van der Waals surface area contributed by atoms with Gasteiger partial charge in [-0.25, -0.2) is 9.78 Å². The molecule has 0 fully saturated rings. The fourth-order valence-electron chi connectivity index (χ4n) is 2.18. The number of rotatable bonds is 4. The molecular weight excluding hydrogens is 365 g/mol. The van der Waals surface area contributed by atoms with Gasteiger partial charge in [0.25, 0.3) is 5.91 Å². The van der Waals surface area contributed by atoms with Crippen molar-refractivity contribution in [3.8, 4) is 0 Å². The molecule has 128 valence electrons. The molecule has 8 heteroatoms. The first-order chi connectivity index (χ1) is 11.9. The predicted octanol–water partition coefficient (Wildman–Crippen LogP) is 3.83. The number of carbonyl (C=O) groups is 2. The van der Waals surface area contributed by atoms with E-state index in [0.717, 1.165) is 0 Å². The van der Waals surface area contributed by atoms with Crippen molar-refractivity contribution in [3.63, 3.8) is 0 Å². The van der Waals surface area contributed by atoms with E-state index in [-0.39, 0.29) is 5.69 Å². The topological polar surface area (TPSA) is 72.7 Å². The van der Waals surface area contributed by atoms with Gasteiger partial charge in [0.05, 0.1) is 0 Å². The highest BCUT2D eigenvalue weighted by Gasteiger charge is 2.21. The van der Waals surface area contributed by atoms with E-state index in [1.54, 1.807) is 41.1 Å². The summed E-state index contributed by atoms with van der Waals surface area (Å²) in [5, 5.41) is 3.37. The number of pyridine rings is 1. The average Bonchev–Trinajstić information content (AvgIpc) is 2.97.